The molecule has 0 atom stereocenters. The first kappa shape index (κ1) is 16.8. The van der Waals surface area contributed by atoms with E-state index in [-0.39, 0.29) is 3.91 Å². The molecule has 0 spiro atoms. The van der Waals surface area contributed by atoms with Crippen molar-refractivity contribution in [2.45, 2.75) is 62.8 Å². The summed E-state index contributed by atoms with van der Waals surface area (Å²) >= 11 is 0. The molecule has 0 aliphatic heterocycles. The molecule has 0 unspecified atom stereocenters. The fourth-order valence-corrected chi connectivity index (χ4v) is 41.6. The summed E-state index contributed by atoms with van der Waals surface area (Å²) in [4.78, 5) is 0. The zero-order valence-electron chi connectivity index (χ0n) is 15.3. The third kappa shape index (κ3) is 2.93. The Morgan fingerprint density at radius 3 is 1.00 bits per heavy atom. The van der Waals surface area contributed by atoms with E-state index >= 15 is 0 Å². The lowest BCUT2D eigenvalue weighted by atomic mass is 11.6. The van der Waals surface area contributed by atoms with Crippen LogP contribution in [0.5, 0.6) is 0 Å². The normalized spacial score (nSPS) is 16.7. The van der Waals surface area contributed by atoms with Gasteiger partial charge in [0.15, 0.2) is 0 Å². The molecule has 18 heavy (non-hydrogen) atoms. The van der Waals surface area contributed by atoms with Gasteiger partial charge in [0.1, 0.15) is 0 Å². The van der Waals surface area contributed by atoms with Crippen LogP contribution in [0.25, 0.3) is 0 Å². The standard InChI is InChI=1S/C12H34O2Si4/c1-13-15(14-2)12(16(3,4)5,17(6,7)8)18(9,10)11/h15H,1-11H3/i15D. The van der Waals surface area contributed by atoms with Crippen molar-refractivity contribution in [1.82, 2.24) is 0 Å². The van der Waals surface area contributed by atoms with Crippen molar-refractivity contribution < 1.29 is 8.85 Å². The highest BCUT2D eigenvalue weighted by molar-refractivity contribution is 7.24. The number of hydrogen-bond acceptors (Lipinski definition) is 2. The van der Waals surface area contributed by atoms with E-state index in [1.807, 2.05) is 0 Å². The Labute approximate surface area is 121 Å². The molecular formula is C12H34O2Si4. The maximum atomic E-state index is 9.09. The first-order chi connectivity index (χ1) is 8.12. The molecule has 0 saturated heterocycles. The molecule has 0 N–H and O–H groups in total. The van der Waals surface area contributed by atoms with Crippen molar-refractivity contribution in [3.8, 4) is 0 Å². The molecule has 0 aromatic rings. The van der Waals surface area contributed by atoms with Crippen LogP contribution >= 0.6 is 0 Å². The zero-order chi connectivity index (χ0) is 15.9. The van der Waals surface area contributed by atoms with Gasteiger partial charge in [-0.3, -0.25) is 0 Å². The van der Waals surface area contributed by atoms with Crippen molar-refractivity contribution in [2.75, 3.05) is 14.2 Å². The van der Waals surface area contributed by atoms with Gasteiger partial charge in [0, 0.05) is 38.4 Å². The third-order valence-electron chi connectivity index (χ3n) is 4.05. The summed E-state index contributed by atoms with van der Waals surface area (Å²) in [5.41, 5.74) is 0. The molecular weight excluding hydrogens is 288 g/mol. The van der Waals surface area contributed by atoms with Gasteiger partial charge in [0.2, 0.25) is 0 Å². The monoisotopic (exact) mass is 323 g/mol. The molecule has 0 rings (SSSR count). The van der Waals surface area contributed by atoms with E-state index in [1.165, 1.54) is 0 Å². The van der Waals surface area contributed by atoms with E-state index in [2.05, 4.69) is 58.9 Å². The van der Waals surface area contributed by atoms with Crippen molar-refractivity contribution >= 4 is 33.4 Å². The minimum atomic E-state index is -2.95. The average Bonchev–Trinajstić information content (AvgIpc) is 2.10. The molecule has 0 aliphatic rings. The number of rotatable bonds is 6. The van der Waals surface area contributed by atoms with Crippen LogP contribution in [-0.2, 0) is 8.85 Å². The van der Waals surface area contributed by atoms with Gasteiger partial charge in [-0.2, -0.15) is 0 Å². The maximum absolute atomic E-state index is 9.09. The van der Waals surface area contributed by atoms with Crippen LogP contribution in [0.1, 0.15) is 0 Å². The molecule has 2 nitrogen and oxygen atoms in total. The molecule has 0 heterocycles. The predicted molar refractivity (Wildman–Crippen MR) is 93.9 cm³/mol. The lowest BCUT2D eigenvalue weighted by Crippen LogP contribution is -2.73. The molecule has 0 aromatic heterocycles. The first-order valence-electron chi connectivity index (χ1n) is 7.22. The Kier molecular flexibility index (Phi) is 5.29. The van der Waals surface area contributed by atoms with Gasteiger partial charge in [-0.15, -0.1) is 0 Å². The van der Waals surface area contributed by atoms with Gasteiger partial charge in [-0.05, 0) is 3.91 Å². The molecule has 0 aromatic carbocycles. The third-order valence-corrected chi connectivity index (χ3v) is 34.2. The molecule has 6 heteroatoms. The van der Waals surface area contributed by atoms with Gasteiger partial charge >= 0.3 is 9.22 Å². The Bertz CT molecular complexity index is 275. The fourth-order valence-electron chi connectivity index (χ4n) is 4.68. The molecule has 0 saturated carbocycles. The molecule has 110 valence electrons. The van der Waals surface area contributed by atoms with E-state index in [9.17, 15) is 0 Å². The van der Waals surface area contributed by atoms with Crippen LogP contribution < -0.4 is 0 Å². The second-order valence-electron chi connectivity index (χ2n) is 8.20. The van der Waals surface area contributed by atoms with Crippen LogP contribution in [0.4, 0.5) is 0 Å². The molecule has 0 fully saturated rings. The van der Waals surface area contributed by atoms with E-state index < -0.39 is 33.4 Å². The highest BCUT2D eigenvalue weighted by atomic mass is 28.5. The van der Waals surface area contributed by atoms with Gasteiger partial charge < -0.3 is 8.85 Å². The average molecular weight is 324 g/mol. The lowest BCUT2D eigenvalue weighted by Gasteiger charge is -2.60. The minimum absolute atomic E-state index is 0.0451. The zero-order valence-corrected chi connectivity index (χ0v) is 18.3. The highest BCUT2D eigenvalue weighted by Crippen LogP contribution is 2.55. The summed E-state index contributed by atoms with van der Waals surface area (Å²) in [6, 6.07) is 0. The van der Waals surface area contributed by atoms with Gasteiger partial charge in [-0.25, -0.2) is 0 Å². The van der Waals surface area contributed by atoms with E-state index in [0.717, 1.165) is 0 Å². The molecule has 0 radical (unpaired) electrons. The smallest absolute Gasteiger partial charge is 0.319 e. The Hall–Kier alpha value is 0.788. The van der Waals surface area contributed by atoms with Crippen molar-refractivity contribution in [3.63, 3.8) is 0 Å². The van der Waals surface area contributed by atoms with Gasteiger partial charge in [0.25, 0.3) is 0 Å². The van der Waals surface area contributed by atoms with E-state index in [1.54, 1.807) is 14.2 Å². The SMILES string of the molecule is [2H][Si](OC)(OC)C([Si](C)(C)C)([Si](C)(C)C)[Si](C)(C)C. The van der Waals surface area contributed by atoms with Crippen LogP contribution in [0.15, 0.2) is 0 Å². The topological polar surface area (TPSA) is 18.5 Å². The second-order valence-corrected chi connectivity index (χ2v) is 29.1. The van der Waals surface area contributed by atoms with Crippen molar-refractivity contribution in [2.24, 2.45) is 0 Å². The number of hydrogen-bond donors (Lipinski definition) is 0. The highest BCUT2D eigenvalue weighted by Gasteiger charge is 2.65. The van der Waals surface area contributed by atoms with Crippen LogP contribution in [0.2, 0.25) is 62.8 Å². The summed E-state index contributed by atoms with van der Waals surface area (Å²) in [6.45, 7) is 21.7. The van der Waals surface area contributed by atoms with Crippen LogP contribution in [0, 0.1) is 0 Å². The Morgan fingerprint density at radius 2 is 0.944 bits per heavy atom. The maximum Gasteiger partial charge on any atom is 0.319 e. The van der Waals surface area contributed by atoms with Gasteiger partial charge in [0.05, 0.1) is 1.23 Å². The summed E-state index contributed by atoms with van der Waals surface area (Å²) in [5, 5.41) is 0. The Morgan fingerprint density at radius 1 is 0.722 bits per heavy atom. The largest absolute Gasteiger partial charge is 0.400 e. The van der Waals surface area contributed by atoms with Crippen molar-refractivity contribution in [1.29, 1.82) is 1.23 Å². The quantitative estimate of drug-likeness (QED) is 0.691. The second kappa shape index (κ2) is 5.65. The molecule has 0 aliphatic carbocycles. The summed E-state index contributed by atoms with van der Waals surface area (Å²) in [6.07, 6.45) is 0. The summed E-state index contributed by atoms with van der Waals surface area (Å²) in [5.74, 6) is 0. The predicted octanol–water partition coefficient (Wildman–Crippen LogP) is 3.87. The van der Waals surface area contributed by atoms with E-state index in [0.29, 0.717) is 0 Å². The lowest BCUT2D eigenvalue weighted by molar-refractivity contribution is 0.274. The summed E-state index contributed by atoms with van der Waals surface area (Å²) < 4.78 is 20.8. The van der Waals surface area contributed by atoms with Crippen molar-refractivity contribution in [3.05, 3.63) is 0 Å². The van der Waals surface area contributed by atoms with Crippen LogP contribution in [-0.4, -0.2) is 48.9 Å². The van der Waals surface area contributed by atoms with E-state index in [4.69, 9.17) is 10.1 Å². The first-order valence-corrected chi connectivity index (χ1v) is 18.5. The summed E-state index contributed by atoms with van der Waals surface area (Å²) in [7, 11) is -4.48. The minimum Gasteiger partial charge on any atom is -0.400 e. The Balaban J connectivity index is 6.61. The van der Waals surface area contributed by atoms with Crippen LogP contribution in [0.3, 0.4) is 0 Å². The molecule has 0 bridgehead atoms. The molecule has 0 amide bonds. The van der Waals surface area contributed by atoms with Gasteiger partial charge in [-0.1, -0.05) is 58.9 Å². The fraction of sp³-hybridized carbons (Fsp3) is 1.00.